The van der Waals surface area contributed by atoms with Crippen LogP contribution in [-0.4, -0.2) is 21.4 Å². The van der Waals surface area contributed by atoms with Crippen molar-refractivity contribution >= 4 is 0 Å². The van der Waals surface area contributed by atoms with E-state index in [9.17, 15) is 0 Å². The predicted octanol–water partition coefficient (Wildman–Crippen LogP) is 2.31. The number of rotatable bonds is 6. The van der Waals surface area contributed by atoms with Crippen LogP contribution in [-0.2, 0) is 13.0 Å². The van der Waals surface area contributed by atoms with Crippen LogP contribution in [0.2, 0.25) is 0 Å². The molecule has 0 amide bonds. The average molecular weight is 231 g/mol. The molecule has 0 atom stereocenters. The maximum absolute atomic E-state index is 5.61. The second-order valence-electron chi connectivity index (χ2n) is 3.86. The third-order valence-corrected chi connectivity index (χ3v) is 2.42. The molecule has 0 saturated heterocycles. The van der Waals surface area contributed by atoms with Crippen LogP contribution in [0.25, 0.3) is 0 Å². The molecule has 4 nitrogen and oxygen atoms in total. The van der Waals surface area contributed by atoms with Crippen LogP contribution in [0.15, 0.2) is 36.8 Å². The summed E-state index contributed by atoms with van der Waals surface area (Å²) < 4.78 is 7.51. The van der Waals surface area contributed by atoms with Crippen molar-refractivity contribution < 1.29 is 4.74 Å². The van der Waals surface area contributed by atoms with Gasteiger partial charge in [-0.15, -0.1) is 0 Å². The van der Waals surface area contributed by atoms with Crippen molar-refractivity contribution in [3.05, 3.63) is 42.5 Å². The lowest BCUT2D eigenvalue weighted by Crippen LogP contribution is -2.02. The minimum atomic E-state index is 0.634. The van der Waals surface area contributed by atoms with Crippen molar-refractivity contribution in [2.24, 2.45) is 0 Å². The van der Waals surface area contributed by atoms with Crippen molar-refractivity contribution in [3.8, 4) is 5.75 Å². The molecule has 0 aliphatic carbocycles. The number of aryl methyl sites for hydroxylation is 1. The highest BCUT2D eigenvalue weighted by Gasteiger charge is 1.99. The summed E-state index contributed by atoms with van der Waals surface area (Å²) in [6.45, 7) is 3.70. The molecular weight excluding hydrogens is 214 g/mol. The molecular formula is C13H17N3O. The van der Waals surface area contributed by atoms with Gasteiger partial charge in [-0.2, -0.15) is 5.10 Å². The molecule has 17 heavy (non-hydrogen) atoms. The summed E-state index contributed by atoms with van der Waals surface area (Å²) in [5, 5.41) is 4.21. The molecule has 0 radical (unpaired) electrons. The van der Waals surface area contributed by atoms with Crippen LogP contribution in [0, 0.1) is 0 Å². The number of hydrogen-bond acceptors (Lipinski definition) is 3. The molecule has 0 spiro atoms. The molecule has 4 heteroatoms. The highest BCUT2D eigenvalue weighted by molar-refractivity contribution is 5.12. The van der Waals surface area contributed by atoms with E-state index < -0.39 is 0 Å². The number of pyridine rings is 1. The minimum Gasteiger partial charge on any atom is -0.490 e. The van der Waals surface area contributed by atoms with Crippen molar-refractivity contribution in [1.29, 1.82) is 0 Å². The Bertz CT molecular complexity index is 439. The van der Waals surface area contributed by atoms with E-state index in [4.69, 9.17) is 4.74 Å². The van der Waals surface area contributed by atoms with E-state index in [1.807, 2.05) is 29.1 Å². The third-order valence-electron chi connectivity index (χ3n) is 2.42. The number of ether oxygens (including phenoxy) is 1. The van der Waals surface area contributed by atoms with E-state index in [-0.39, 0.29) is 0 Å². The second-order valence-corrected chi connectivity index (χ2v) is 3.86. The standard InChI is InChI=1S/C13H17N3O/c1-2-8-16-11-13(10-15-16)17-9-6-12-5-3-4-7-14-12/h3-5,7,10-11H,2,6,8-9H2,1H3. The summed E-state index contributed by atoms with van der Waals surface area (Å²) in [6.07, 6.45) is 7.39. The van der Waals surface area contributed by atoms with Crippen LogP contribution in [0.3, 0.4) is 0 Å². The first-order valence-corrected chi connectivity index (χ1v) is 5.93. The molecule has 2 aromatic rings. The summed E-state index contributed by atoms with van der Waals surface area (Å²) in [7, 11) is 0. The average Bonchev–Trinajstić information content (AvgIpc) is 2.79. The Morgan fingerprint density at radius 1 is 1.35 bits per heavy atom. The van der Waals surface area contributed by atoms with Crippen molar-refractivity contribution in [3.63, 3.8) is 0 Å². The Labute approximate surface area is 101 Å². The third kappa shape index (κ3) is 3.59. The minimum absolute atomic E-state index is 0.634. The monoisotopic (exact) mass is 231 g/mol. The van der Waals surface area contributed by atoms with Gasteiger partial charge in [0.05, 0.1) is 19.0 Å². The molecule has 0 bridgehead atoms. The molecule has 0 aliphatic heterocycles. The van der Waals surface area contributed by atoms with Gasteiger partial charge in [0.25, 0.3) is 0 Å². The van der Waals surface area contributed by atoms with Gasteiger partial charge in [-0.3, -0.25) is 9.67 Å². The predicted molar refractivity (Wildman–Crippen MR) is 66.0 cm³/mol. The fourth-order valence-electron chi connectivity index (χ4n) is 1.59. The maximum atomic E-state index is 5.61. The van der Waals surface area contributed by atoms with Gasteiger partial charge in [0.2, 0.25) is 0 Å². The van der Waals surface area contributed by atoms with Crippen LogP contribution in [0.1, 0.15) is 19.0 Å². The van der Waals surface area contributed by atoms with E-state index in [1.54, 1.807) is 12.4 Å². The molecule has 0 aliphatic rings. The highest BCUT2D eigenvalue weighted by Crippen LogP contribution is 2.09. The first kappa shape index (κ1) is 11.6. The topological polar surface area (TPSA) is 39.9 Å². The Balaban J connectivity index is 1.78. The van der Waals surface area contributed by atoms with Gasteiger partial charge in [0.15, 0.2) is 5.75 Å². The van der Waals surface area contributed by atoms with Crippen molar-refractivity contribution in [1.82, 2.24) is 14.8 Å². The van der Waals surface area contributed by atoms with E-state index in [2.05, 4.69) is 17.0 Å². The summed E-state index contributed by atoms with van der Waals surface area (Å²) >= 11 is 0. The zero-order valence-electron chi connectivity index (χ0n) is 10.0. The first-order valence-electron chi connectivity index (χ1n) is 5.93. The lowest BCUT2D eigenvalue weighted by atomic mass is 10.3. The van der Waals surface area contributed by atoms with Gasteiger partial charge in [-0.05, 0) is 18.6 Å². The van der Waals surface area contributed by atoms with Crippen LogP contribution >= 0.6 is 0 Å². The lowest BCUT2D eigenvalue weighted by molar-refractivity contribution is 0.320. The second kappa shape index (κ2) is 6.03. The lowest BCUT2D eigenvalue weighted by Gasteiger charge is -2.02. The Hall–Kier alpha value is -1.84. The van der Waals surface area contributed by atoms with Crippen LogP contribution < -0.4 is 4.74 Å². The normalized spacial score (nSPS) is 10.4. The SMILES string of the molecule is CCCn1cc(OCCc2ccccn2)cn1. The van der Waals surface area contributed by atoms with Gasteiger partial charge in [-0.25, -0.2) is 0 Å². The quantitative estimate of drug-likeness (QED) is 0.766. The number of hydrogen-bond donors (Lipinski definition) is 0. The molecule has 2 rings (SSSR count). The Kier molecular flexibility index (Phi) is 4.13. The Morgan fingerprint density at radius 3 is 3.06 bits per heavy atom. The summed E-state index contributed by atoms with van der Waals surface area (Å²) in [4.78, 5) is 4.24. The van der Waals surface area contributed by atoms with Crippen LogP contribution in [0.5, 0.6) is 5.75 Å². The smallest absolute Gasteiger partial charge is 0.157 e. The molecule has 0 fully saturated rings. The summed E-state index contributed by atoms with van der Waals surface area (Å²) in [6, 6.07) is 5.91. The van der Waals surface area contributed by atoms with Gasteiger partial charge < -0.3 is 4.74 Å². The molecule has 0 unspecified atom stereocenters. The summed E-state index contributed by atoms with van der Waals surface area (Å²) in [5.41, 5.74) is 1.05. The van der Waals surface area contributed by atoms with Gasteiger partial charge in [-0.1, -0.05) is 13.0 Å². The van der Waals surface area contributed by atoms with E-state index in [0.717, 1.165) is 30.8 Å². The van der Waals surface area contributed by atoms with Gasteiger partial charge >= 0.3 is 0 Å². The number of aromatic nitrogens is 3. The Morgan fingerprint density at radius 2 is 2.29 bits per heavy atom. The maximum Gasteiger partial charge on any atom is 0.157 e. The number of nitrogens with zero attached hydrogens (tertiary/aromatic N) is 3. The molecule has 2 aromatic heterocycles. The van der Waals surface area contributed by atoms with Gasteiger partial charge in [0.1, 0.15) is 0 Å². The van der Waals surface area contributed by atoms with Crippen molar-refractivity contribution in [2.45, 2.75) is 26.3 Å². The fraction of sp³-hybridized carbons (Fsp3) is 0.385. The van der Waals surface area contributed by atoms with Crippen molar-refractivity contribution in [2.75, 3.05) is 6.61 Å². The fourth-order valence-corrected chi connectivity index (χ4v) is 1.59. The molecule has 0 saturated carbocycles. The first-order chi connectivity index (χ1) is 8.38. The summed E-state index contributed by atoms with van der Waals surface area (Å²) in [5.74, 6) is 0.828. The zero-order valence-corrected chi connectivity index (χ0v) is 10.0. The van der Waals surface area contributed by atoms with Crippen LogP contribution in [0.4, 0.5) is 0 Å². The highest BCUT2D eigenvalue weighted by atomic mass is 16.5. The molecule has 0 N–H and O–H groups in total. The van der Waals surface area contributed by atoms with E-state index >= 15 is 0 Å². The molecule has 2 heterocycles. The largest absolute Gasteiger partial charge is 0.490 e. The molecule has 90 valence electrons. The van der Waals surface area contributed by atoms with E-state index in [0.29, 0.717) is 6.61 Å². The zero-order chi connectivity index (χ0) is 11.9. The van der Waals surface area contributed by atoms with Gasteiger partial charge in [0, 0.05) is 24.9 Å². The van der Waals surface area contributed by atoms with E-state index in [1.165, 1.54) is 0 Å². The molecule has 0 aromatic carbocycles.